The molecular formula is C22H23N3O3S. The van der Waals surface area contributed by atoms with Gasteiger partial charge in [0.05, 0.1) is 18.3 Å². The number of carbonyl (C=O) groups is 2. The van der Waals surface area contributed by atoms with Crippen molar-refractivity contribution in [1.29, 1.82) is 0 Å². The molecule has 0 spiro atoms. The number of amides is 2. The van der Waals surface area contributed by atoms with Crippen molar-refractivity contribution in [2.45, 2.75) is 26.9 Å². The molecule has 29 heavy (non-hydrogen) atoms. The van der Waals surface area contributed by atoms with Crippen molar-refractivity contribution in [1.82, 2.24) is 10.3 Å². The van der Waals surface area contributed by atoms with Gasteiger partial charge < -0.3 is 15.4 Å². The minimum absolute atomic E-state index is 0.0655. The van der Waals surface area contributed by atoms with Crippen molar-refractivity contribution in [3.63, 3.8) is 0 Å². The number of anilines is 1. The summed E-state index contributed by atoms with van der Waals surface area (Å²) >= 11 is 1.34. The summed E-state index contributed by atoms with van der Waals surface area (Å²) < 4.78 is 5.55. The van der Waals surface area contributed by atoms with Gasteiger partial charge in [-0.25, -0.2) is 4.98 Å². The maximum atomic E-state index is 12.2. The Kier molecular flexibility index (Phi) is 6.61. The van der Waals surface area contributed by atoms with Crippen LogP contribution in [0, 0.1) is 6.92 Å². The Morgan fingerprint density at radius 3 is 2.41 bits per heavy atom. The number of aryl methyl sites for hydroxylation is 1. The third-order valence-corrected chi connectivity index (χ3v) is 4.75. The largest absolute Gasteiger partial charge is 0.491 e. The molecule has 0 saturated heterocycles. The molecule has 0 saturated carbocycles. The second-order valence-electron chi connectivity index (χ2n) is 6.83. The van der Waals surface area contributed by atoms with Crippen LogP contribution in [-0.2, 0) is 4.79 Å². The van der Waals surface area contributed by atoms with Gasteiger partial charge in [-0.3, -0.25) is 9.59 Å². The number of hydrogen-bond acceptors (Lipinski definition) is 5. The number of benzene rings is 2. The van der Waals surface area contributed by atoms with Gasteiger partial charge in [0.25, 0.3) is 5.91 Å². The van der Waals surface area contributed by atoms with Crippen molar-refractivity contribution in [2.75, 3.05) is 11.9 Å². The Hall–Kier alpha value is -3.19. The third kappa shape index (κ3) is 5.89. The molecule has 3 rings (SSSR count). The van der Waals surface area contributed by atoms with Gasteiger partial charge in [0.1, 0.15) is 5.75 Å². The lowest BCUT2D eigenvalue weighted by atomic mass is 10.1. The van der Waals surface area contributed by atoms with E-state index in [4.69, 9.17) is 4.74 Å². The summed E-state index contributed by atoms with van der Waals surface area (Å²) in [5.41, 5.74) is 3.43. The average Bonchev–Trinajstić information content (AvgIpc) is 3.15. The first-order valence-corrected chi connectivity index (χ1v) is 10.2. The first-order valence-electron chi connectivity index (χ1n) is 9.28. The van der Waals surface area contributed by atoms with Crippen LogP contribution in [0.3, 0.4) is 0 Å². The van der Waals surface area contributed by atoms with Gasteiger partial charge in [-0.15, -0.1) is 11.3 Å². The average molecular weight is 410 g/mol. The minimum atomic E-state index is -0.331. The highest BCUT2D eigenvalue weighted by atomic mass is 32.1. The van der Waals surface area contributed by atoms with Gasteiger partial charge in [0, 0.05) is 16.5 Å². The number of nitrogens with one attached hydrogen (secondary N) is 2. The van der Waals surface area contributed by atoms with Gasteiger partial charge in [0.15, 0.2) is 5.13 Å². The zero-order valence-electron chi connectivity index (χ0n) is 16.6. The van der Waals surface area contributed by atoms with Crippen LogP contribution in [0.1, 0.15) is 29.8 Å². The molecule has 1 aromatic heterocycles. The number of nitrogens with zero attached hydrogens (tertiary/aromatic N) is 1. The summed E-state index contributed by atoms with van der Waals surface area (Å²) in [6, 6.07) is 14.8. The molecule has 7 heteroatoms. The zero-order valence-corrected chi connectivity index (χ0v) is 17.4. The third-order valence-electron chi connectivity index (χ3n) is 4.00. The lowest BCUT2D eigenvalue weighted by Gasteiger charge is -2.10. The number of ether oxygens (including phenoxy) is 1. The standard InChI is InChI=1S/C22H23N3O3S/c1-14(2)28-18-10-8-17(9-11-18)21(27)23-12-20(26)25-22-24-19(13-29-22)16-6-4-15(3)5-7-16/h4-11,13-14H,12H2,1-3H3,(H,23,27)(H,24,25,26). The molecule has 3 aromatic rings. The second-order valence-corrected chi connectivity index (χ2v) is 7.68. The first-order chi connectivity index (χ1) is 13.9. The summed E-state index contributed by atoms with van der Waals surface area (Å²) in [5, 5.41) is 7.71. The van der Waals surface area contributed by atoms with Crippen molar-refractivity contribution >= 4 is 28.3 Å². The molecule has 0 aliphatic heterocycles. The van der Waals surface area contributed by atoms with E-state index in [0.717, 1.165) is 11.3 Å². The summed E-state index contributed by atoms with van der Waals surface area (Å²) in [5.74, 6) is 0.0427. The van der Waals surface area contributed by atoms with Gasteiger partial charge in [-0.2, -0.15) is 0 Å². The highest BCUT2D eigenvalue weighted by Crippen LogP contribution is 2.25. The van der Waals surface area contributed by atoms with Crippen molar-refractivity contribution in [2.24, 2.45) is 0 Å². The summed E-state index contributed by atoms with van der Waals surface area (Å²) in [6.07, 6.45) is 0.0655. The Balaban J connectivity index is 1.51. The number of carbonyl (C=O) groups excluding carboxylic acids is 2. The number of aromatic nitrogens is 1. The molecular weight excluding hydrogens is 386 g/mol. The highest BCUT2D eigenvalue weighted by Gasteiger charge is 2.11. The summed E-state index contributed by atoms with van der Waals surface area (Å²) in [4.78, 5) is 28.8. The molecule has 1 heterocycles. The summed E-state index contributed by atoms with van der Waals surface area (Å²) in [6.45, 7) is 5.76. The molecule has 2 amide bonds. The molecule has 0 atom stereocenters. The fraction of sp³-hybridized carbons (Fsp3) is 0.227. The number of hydrogen-bond donors (Lipinski definition) is 2. The Morgan fingerprint density at radius 2 is 1.76 bits per heavy atom. The first kappa shape index (κ1) is 20.5. The van der Waals surface area contributed by atoms with E-state index in [9.17, 15) is 9.59 Å². The van der Waals surface area contributed by atoms with Crippen LogP contribution in [0.15, 0.2) is 53.9 Å². The number of thiazole rings is 1. The predicted molar refractivity (Wildman–Crippen MR) is 115 cm³/mol. The molecule has 2 N–H and O–H groups in total. The molecule has 6 nitrogen and oxygen atoms in total. The smallest absolute Gasteiger partial charge is 0.251 e. The Labute approximate surface area is 173 Å². The van der Waals surface area contributed by atoms with Crippen LogP contribution in [0.5, 0.6) is 5.75 Å². The van der Waals surface area contributed by atoms with Gasteiger partial charge in [-0.05, 0) is 45.0 Å². The van der Waals surface area contributed by atoms with Crippen LogP contribution < -0.4 is 15.4 Å². The zero-order chi connectivity index (χ0) is 20.8. The second kappa shape index (κ2) is 9.34. The fourth-order valence-electron chi connectivity index (χ4n) is 2.57. The van der Waals surface area contributed by atoms with Crippen molar-refractivity contribution < 1.29 is 14.3 Å². The lowest BCUT2D eigenvalue weighted by molar-refractivity contribution is -0.115. The van der Waals surface area contributed by atoms with Crippen LogP contribution in [-0.4, -0.2) is 29.4 Å². The lowest BCUT2D eigenvalue weighted by Crippen LogP contribution is -2.32. The van der Waals surface area contributed by atoms with Gasteiger partial charge >= 0.3 is 0 Å². The van der Waals surface area contributed by atoms with Gasteiger partial charge in [-0.1, -0.05) is 29.8 Å². The SMILES string of the molecule is Cc1ccc(-c2csc(NC(=O)CNC(=O)c3ccc(OC(C)C)cc3)n2)cc1. The van der Waals surface area contributed by atoms with Crippen molar-refractivity contribution in [3.05, 3.63) is 65.0 Å². The Bertz CT molecular complexity index is 979. The molecule has 0 radical (unpaired) electrons. The number of rotatable bonds is 7. The molecule has 2 aromatic carbocycles. The van der Waals surface area contributed by atoms with E-state index >= 15 is 0 Å². The van der Waals surface area contributed by atoms with Crippen molar-refractivity contribution in [3.8, 4) is 17.0 Å². The topological polar surface area (TPSA) is 80.3 Å². The molecule has 0 bridgehead atoms. The molecule has 0 aliphatic carbocycles. The van der Waals surface area contributed by atoms with E-state index < -0.39 is 0 Å². The van der Waals surface area contributed by atoms with Crippen LogP contribution in [0.25, 0.3) is 11.3 Å². The van der Waals surface area contributed by atoms with E-state index in [1.165, 1.54) is 16.9 Å². The molecule has 150 valence electrons. The Morgan fingerprint density at radius 1 is 1.07 bits per heavy atom. The monoisotopic (exact) mass is 409 g/mol. The molecule has 0 fully saturated rings. The van der Waals surface area contributed by atoms with Crippen LogP contribution >= 0.6 is 11.3 Å². The van der Waals surface area contributed by atoms with E-state index in [0.29, 0.717) is 16.4 Å². The van der Waals surface area contributed by atoms with Crippen LogP contribution in [0.2, 0.25) is 0 Å². The minimum Gasteiger partial charge on any atom is -0.491 e. The maximum absolute atomic E-state index is 12.2. The predicted octanol–water partition coefficient (Wildman–Crippen LogP) is 4.27. The van der Waals surface area contributed by atoms with E-state index in [1.54, 1.807) is 24.3 Å². The van der Waals surface area contributed by atoms with Gasteiger partial charge in [0.2, 0.25) is 5.91 Å². The quantitative estimate of drug-likeness (QED) is 0.611. The molecule has 0 unspecified atom stereocenters. The summed E-state index contributed by atoms with van der Waals surface area (Å²) in [7, 11) is 0. The maximum Gasteiger partial charge on any atom is 0.251 e. The molecule has 0 aliphatic rings. The normalized spacial score (nSPS) is 10.6. The van der Waals surface area contributed by atoms with E-state index in [-0.39, 0.29) is 24.5 Å². The fourth-order valence-corrected chi connectivity index (χ4v) is 3.31. The van der Waals surface area contributed by atoms with E-state index in [1.807, 2.05) is 50.4 Å². The van der Waals surface area contributed by atoms with Crippen LogP contribution in [0.4, 0.5) is 5.13 Å². The highest BCUT2D eigenvalue weighted by molar-refractivity contribution is 7.14. The van der Waals surface area contributed by atoms with E-state index in [2.05, 4.69) is 15.6 Å².